The molecule has 3 nitrogen and oxygen atoms in total. The zero-order valence-electron chi connectivity index (χ0n) is 13.1. The fraction of sp³-hybridized carbons (Fsp3) is 0.167. The van der Waals surface area contributed by atoms with Crippen LogP contribution in [0.1, 0.15) is 16.7 Å². The average molecular weight is 352 g/mol. The minimum absolute atomic E-state index is 0.0636. The highest BCUT2D eigenvalue weighted by molar-refractivity contribution is 6.34. The first-order valence-electron chi connectivity index (χ1n) is 7.16. The molecule has 0 heterocycles. The number of rotatable bonds is 5. The molecule has 1 amide bonds. The van der Waals surface area contributed by atoms with Crippen LogP contribution in [-0.2, 0) is 4.79 Å². The van der Waals surface area contributed by atoms with E-state index in [0.29, 0.717) is 16.3 Å². The number of carbonyl (C=O) groups excluding carboxylic acids is 1. The predicted octanol–water partition coefficient (Wildman–Crippen LogP) is 5.21. The zero-order valence-corrected chi connectivity index (χ0v) is 13.9. The third-order valence-electron chi connectivity index (χ3n) is 3.21. The molecule has 0 aromatic heterocycles. The highest BCUT2D eigenvalue weighted by atomic mass is 35.5. The number of ether oxygens (including phenoxy) is 1. The van der Waals surface area contributed by atoms with Crippen LogP contribution in [0.25, 0.3) is 6.08 Å². The van der Waals surface area contributed by atoms with Crippen LogP contribution in [0, 0.1) is 13.8 Å². The SMILES string of the molecule is Cc1cc(C)c(NC(=O)/C=C/c2ccc(OC(F)F)cc2)c(Cl)c1. The Morgan fingerprint density at radius 1 is 1.21 bits per heavy atom. The molecule has 1 N–H and O–H groups in total. The van der Waals surface area contributed by atoms with Gasteiger partial charge in [-0.2, -0.15) is 8.78 Å². The Kier molecular flexibility index (Phi) is 5.93. The Bertz CT molecular complexity index is 735. The molecule has 0 aliphatic rings. The summed E-state index contributed by atoms with van der Waals surface area (Å²) in [5.41, 5.74) is 3.13. The van der Waals surface area contributed by atoms with E-state index in [9.17, 15) is 13.6 Å². The van der Waals surface area contributed by atoms with Crippen molar-refractivity contribution in [1.29, 1.82) is 0 Å². The van der Waals surface area contributed by atoms with Crippen LogP contribution >= 0.6 is 11.6 Å². The lowest BCUT2D eigenvalue weighted by atomic mass is 10.1. The standard InChI is InChI=1S/C18H16ClF2NO2/c1-11-9-12(2)17(15(19)10-11)22-16(23)8-5-13-3-6-14(7-4-13)24-18(20)21/h3-10,18H,1-2H3,(H,22,23)/b8-5+. The molecule has 0 radical (unpaired) electrons. The van der Waals surface area contributed by atoms with Crippen molar-refractivity contribution in [2.75, 3.05) is 5.32 Å². The summed E-state index contributed by atoms with van der Waals surface area (Å²) in [4.78, 5) is 12.0. The Labute approximate surface area is 143 Å². The molecule has 0 atom stereocenters. The van der Waals surface area contributed by atoms with E-state index >= 15 is 0 Å². The van der Waals surface area contributed by atoms with Gasteiger partial charge in [0.25, 0.3) is 0 Å². The van der Waals surface area contributed by atoms with E-state index in [4.69, 9.17) is 11.6 Å². The van der Waals surface area contributed by atoms with Crippen molar-refractivity contribution in [3.63, 3.8) is 0 Å². The summed E-state index contributed by atoms with van der Waals surface area (Å²) in [5.74, 6) is -0.273. The highest BCUT2D eigenvalue weighted by Crippen LogP contribution is 2.27. The van der Waals surface area contributed by atoms with Gasteiger partial charge in [-0.25, -0.2) is 0 Å². The van der Waals surface area contributed by atoms with Gasteiger partial charge in [0, 0.05) is 6.08 Å². The summed E-state index contributed by atoms with van der Waals surface area (Å²) in [6.45, 7) is 0.922. The number of alkyl halides is 2. The van der Waals surface area contributed by atoms with Crippen LogP contribution in [-0.4, -0.2) is 12.5 Å². The Morgan fingerprint density at radius 2 is 1.88 bits per heavy atom. The fourth-order valence-electron chi connectivity index (χ4n) is 2.17. The molecular weight excluding hydrogens is 336 g/mol. The van der Waals surface area contributed by atoms with Crippen molar-refractivity contribution >= 4 is 29.3 Å². The van der Waals surface area contributed by atoms with Gasteiger partial charge in [-0.1, -0.05) is 29.8 Å². The summed E-state index contributed by atoms with van der Waals surface area (Å²) < 4.78 is 28.4. The Balaban J connectivity index is 2.03. The van der Waals surface area contributed by atoms with Crippen LogP contribution in [0.5, 0.6) is 5.75 Å². The van der Waals surface area contributed by atoms with E-state index in [0.717, 1.165) is 11.1 Å². The minimum Gasteiger partial charge on any atom is -0.435 e. The summed E-state index contributed by atoms with van der Waals surface area (Å²) in [5, 5.41) is 3.21. The highest BCUT2D eigenvalue weighted by Gasteiger charge is 2.07. The van der Waals surface area contributed by atoms with Gasteiger partial charge in [0.1, 0.15) is 5.75 Å². The maximum Gasteiger partial charge on any atom is 0.387 e. The van der Waals surface area contributed by atoms with Crippen molar-refractivity contribution in [1.82, 2.24) is 0 Å². The van der Waals surface area contributed by atoms with Gasteiger partial charge < -0.3 is 10.1 Å². The summed E-state index contributed by atoms with van der Waals surface area (Å²) in [6.07, 6.45) is 2.91. The first kappa shape index (κ1) is 17.9. The number of hydrogen-bond acceptors (Lipinski definition) is 2. The molecule has 0 unspecified atom stereocenters. The first-order valence-corrected chi connectivity index (χ1v) is 7.53. The normalized spacial score (nSPS) is 11.1. The van der Waals surface area contributed by atoms with Gasteiger partial charge in [0.05, 0.1) is 10.7 Å². The number of carbonyl (C=O) groups is 1. The maximum atomic E-state index is 12.1. The van der Waals surface area contributed by atoms with E-state index in [2.05, 4.69) is 10.1 Å². The Morgan fingerprint density at radius 3 is 2.46 bits per heavy atom. The van der Waals surface area contributed by atoms with Crippen LogP contribution in [0.3, 0.4) is 0 Å². The first-order chi connectivity index (χ1) is 11.3. The van der Waals surface area contributed by atoms with E-state index in [-0.39, 0.29) is 11.7 Å². The molecule has 0 saturated heterocycles. The summed E-state index contributed by atoms with van der Waals surface area (Å²) in [7, 11) is 0. The number of amides is 1. The summed E-state index contributed by atoms with van der Waals surface area (Å²) >= 11 is 6.14. The topological polar surface area (TPSA) is 38.3 Å². The van der Waals surface area contributed by atoms with E-state index < -0.39 is 6.61 Å². The molecule has 2 aromatic rings. The van der Waals surface area contributed by atoms with E-state index in [1.54, 1.807) is 24.3 Å². The summed E-state index contributed by atoms with van der Waals surface area (Å²) in [6, 6.07) is 9.66. The lowest BCUT2D eigenvalue weighted by Crippen LogP contribution is -2.09. The van der Waals surface area contributed by atoms with Gasteiger partial charge >= 0.3 is 6.61 Å². The number of aryl methyl sites for hydroxylation is 2. The molecule has 2 aromatic carbocycles. The third-order valence-corrected chi connectivity index (χ3v) is 3.51. The van der Waals surface area contributed by atoms with Crippen molar-refractivity contribution in [3.05, 3.63) is 64.2 Å². The number of anilines is 1. The molecular formula is C18H16ClF2NO2. The quantitative estimate of drug-likeness (QED) is 0.751. The zero-order chi connectivity index (χ0) is 17.7. The van der Waals surface area contributed by atoms with Gasteiger partial charge in [-0.3, -0.25) is 4.79 Å². The van der Waals surface area contributed by atoms with Crippen LogP contribution < -0.4 is 10.1 Å². The third kappa shape index (κ3) is 5.06. The van der Waals surface area contributed by atoms with E-state index in [1.807, 2.05) is 19.9 Å². The molecule has 0 fully saturated rings. The molecule has 0 bridgehead atoms. The number of hydrogen-bond donors (Lipinski definition) is 1. The van der Waals surface area contributed by atoms with Gasteiger partial charge in [0.15, 0.2) is 0 Å². The monoisotopic (exact) mass is 351 g/mol. The van der Waals surface area contributed by atoms with E-state index in [1.165, 1.54) is 18.2 Å². The second kappa shape index (κ2) is 7.93. The molecule has 6 heteroatoms. The van der Waals surface area contributed by atoms with Crippen LogP contribution in [0.2, 0.25) is 5.02 Å². The molecule has 24 heavy (non-hydrogen) atoms. The lowest BCUT2D eigenvalue weighted by Gasteiger charge is -2.10. The molecule has 0 spiro atoms. The molecule has 126 valence electrons. The van der Waals surface area contributed by atoms with Crippen LogP contribution in [0.15, 0.2) is 42.5 Å². The maximum absolute atomic E-state index is 12.1. The molecule has 0 saturated carbocycles. The number of nitrogens with one attached hydrogen (secondary N) is 1. The number of halogens is 3. The van der Waals surface area contributed by atoms with Gasteiger partial charge in [-0.15, -0.1) is 0 Å². The smallest absolute Gasteiger partial charge is 0.387 e. The molecule has 0 aliphatic heterocycles. The second-order valence-corrected chi connectivity index (χ2v) is 5.62. The van der Waals surface area contributed by atoms with Gasteiger partial charge in [0.2, 0.25) is 5.91 Å². The average Bonchev–Trinajstić information content (AvgIpc) is 2.49. The fourth-order valence-corrected chi connectivity index (χ4v) is 2.54. The van der Waals surface area contributed by atoms with Gasteiger partial charge in [-0.05, 0) is 54.8 Å². The molecule has 2 rings (SSSR count). The number of benzene rings is 2. The van der Waals surface area contributed by atoms with Crippen molar-refractivity contribution in [2.45, 2.75) is 20.5 Å². The second-order valence-electron chi connectivity index (χ2n) is 5.21. The predicted molar refractivity (Wildman–Crippen MR) is 91.7 cm³/mol. The largest absolute Gasteiger partial charge is 0.435 e. The van der Waals surface area contributed by atoms with Crippen LogP contribution in [0.4, 0.5) is 14.5 Å². The Hall–Kier alpha value is -2.40. The molecule has 0 aliphatic carbocycles. The van der Waals surface area contributed by atoms with Crippen molar-refractivity contribution < 1.29 is 18.3 Å². The van der Waals surface area contributed by atoms with Crippen molar-refractivity contribution in [2.24, 2.45) is 0 Å². The van der Waals surface area contributed by atoms with Crippen molar-refractivity contribution in [3.8, 4) is 5.75 Å². The minimum atomic E-state index is -2.86. The lowest BCUT2D eigenvalue weighted by molar-refractivity contribution is -0.111.